The number of allylic oxidation sites excluding steroid dienone is 2. The summed E-state index contributed by atoms with van der Waals surface area (Å²) in [5, 5.41) is 9.52. The van der Waals surface area contributed by atoms with Crippen molar-refractivity contribution in [1.82, 2.24) is 0 Å². The Hall–Kier alpha value is -0.990. The Kier molecular flexibility index (Phi) is 3.98. The highest BCUT2D eigenvalue weighted by molar-refractivity contribution is 14.2. The molecule has 0 aromatic heterocycles. The molecule has 1 aromatic carbocycles. The van der Waals surface area contributed by atoms with Crippen molar-refractivity contribution in [3.8, 4) is 5.75 Å². The van der Waals surface area contributed by atoms with Crippen LogP contribution in [0.1, 0.15) is 5.56 Å². The summed E-state index contributed by atoms with van der Waals surface area (Å²) in [5.41, 5.74) is 0.620. The van der Waals surface area contributed by atoms with E-state index in [-0.39, 0.29) is 10.6 Å². The molecule has 1 aromatic rings. The number of rotatable bonds is 3. The van der Waals surface area contributed by atoms with Gasteiger partial charge in [0, 0.05) is 6.07 Å². The smallest absolute Gasteiger partial charge is 0.302 e. The zero-order valence-electron chi connectivity index (χ0n) is 9.50. The number of benzene rings is 1. The molecule has 1 N–H and O–H groups in total. The lowest BCUT2D eigenvalue weighted by molar-refractivity contribution is 0.464. The molecule has 6 heteroatoms. The Morgan fingerprint density at radius 1 is 1.28 bits per heavy atom. The highest BCUT2D eigenvalue weighted by Crippen LogP contribution is 2.23. The van der Waals surface area contributed by atoms with E-state index in [1.54, 1.807) is 25.1 Å². The average molecular weight is 378 g/mol. The van der Waals surface area contributed by atoms with E-state index >= 15 is 0 Å². The van der Waals surface area contributed by atoms with E-state index in [0.717, 1.165) is 0 Å². The predicted molar refractivity (Wildman–Crippen MR) is 78.4 cm³/mol. The zero-order valence-corrected chi connectivity index (χ0v) is 12.5. The highest BCUT2D eigenvalue weighted by Gasteiger charge is 2.18. The summed E-state index contributed by atoms with van der Waals surface area (Å²) < 4.78 is 31.4. The van der Waals surface area contributed by atoms with Gasteiger partial charge in [0.1, 0.15) is 9.44 Å². The molecule has 4 nitrogen and oxygen atoms in total. The summed E-state index contributed by atoms with van der Waals surface area (Å²) in [6, 6.07) is 4.17. The summed E-state index contributed by atoms with van der Waals surface area (Å²) >= 11 is -0.538. The van der Waals surface area contributed by atoms with Gasteiger partial charge in [0.15, 0.2) is 0 Å². The Bertz CT molecular complexity index is 657. The molecule has 2 rings (SSSR count). The molecule has 0 aliphatic carbocycles. The molecule has 0 atom stereocenters. The number of phenolic OH excluding ortho intramolecular Hbond substituents is 1. The fourth-order valence-electron chi connectivity index (χ4n) is 1.25. The molecule has 1 heterocycles. The van der Waals surface area contributed by atoms with Gasteiger partial charge in [-0.05, 0) is 28.7 Å². The second-order valence-electron chi connectivity index (χ2n) is 3.58. The standard InChI is InChI=1S/C12H11IO4S/c1-9-5-6-10(8-11(9)14)18(15,16)17-12-4-2-3-7-13-12/h2-8,14H,1H3. The van der Waals surface area contributed by atoms with Crippen molar-refractivity contribution in [2.75, 3.05) is 0 Å². The van der Waals surface area contributed by atoms with Gasteiger partial charge in [-0.3, -0.25) is 0 Å². The largest absolute Gasteiger partial charge is 0.508 e. The second-order valence-corrected chi connectivity index (χ2v) is 7.53. The first-order valence-electron chi connectivity index (χ1n) is 5.07. The predicted octanol–water partition coefficient (Wildman–Crippen LogP) is 2.59. The maximum absolute atomic E-state index is 12.0. The number of aromatic hydroxyl groups is 1. The summed E-state index contributed by atoms with van der Waals surface area (Å²) in [6.07, 6.45) is 5.25. The number of hydrogen-bond acceptors (Lipinski definition) is 4. The van der Waals surface area contributed by atoms with Gasteiger partial charge in [-0.2, -0.15) is 8.42 Å². The quantitative estimate of drug-likeness (QED) is 0.649. The van der Waals surface area contributed by atoms with Crippen LogP contribution in [0.25, 0.3) is 0 Å². The van der Waals surface area contributed by atoms with Gasteiger partial charge < -0.3 is 5.11 Å². The lowest BCUT2D eigenvalue weighted by Crippen LogP contribution is -2.10. The summed E-state index contributed by atoms with van der Waals surface area (Å²) in [4.78, 5) is -0.0370. The van der Waals surface area contributed by atoms with Crippen LogP contribution in [-0.2, 0) is 14.3 Å². The van der Waals surface area contributed by atoms with Crippen molar-refractivity contribution in [3.05, 3.63) is 46.1 Å². The van der Waals surface area contributed by atoms with Gasteiger partial charge in [0.2, 0.25) is 0 Å². The Morgan fingerprint density at radius 2 is 2.06 bits per heavy atom. The number of hydrogen-bond donors (Lipinski definition) is 1. The van der Waals surface area contributed by atoms with E-state index in [1.165, 1.54) is 12.1 Å². The van der Waals surface area contributed by atoms with Gasteiger partial charge in [0.25, 0.3) is 0 Å². The van der Waals surface area contributed by atoms with Crippen LogP contribution < -0.4 is 0 Å². The molecule has 18 heavy (non-hydrogen) atoms. The van der Waals surface area contributed by atoms with Crippen LogP contribution in [0.15, 0.2) is 45.4 Å². The molecule has 0 amide bonds. The molecular weight excluding hydrogens is 367 g/mol. The molecule has 0 bridgehead atoms. The third-order valence-corrected chi connectivity index (χ3v) is 5.74. The Balaban J connectivity index is 2.31. The lowest BCUT2D eigenvalue weighted by atomic mass is 10.2. The van der Waals surface area contributed by atoms with Crippen molar-refractivity contribution in [3.63, 3.8) is 0 Å². The van der Waals surface area contributed by atoms with E-state index in [2.05, 4.69) is 0 Å². The molecule has 0 radical (unpaired) electrons. The van der Waals surface area contributed by atoms with Crippen LogP contribution in [0.2, 0.25) is 0 Å². The fourth-order valence-corrected chi connectivity index (χ4v) is 4.38. The van der Waals surface area contributed by atoms with Crippen molar-refractivity contribution < 1.29 is 17.7 Å². The van der Waals surface area contributed by atoms with E-state index in [4.69, 9.17) is 4.18 Å². The molecule has 0 saturated heterocycles. The van der Waals surface area contributed by atoms with Crippen LogP contribution in [0.4, 0.5) is 0 Å². The van der Waals surface area contributed by atoms with E-state index in [1.807, 2.05) is 10.2 Å². The number of aryl methyl sites for hydroxylation is 1. The number of phenols is 1. The molecule has 0 saturated carbocycles. The van der Waals surface area contributed by atoms with Crippen molar-refractivity contribution in [2.45, 2.75) is 11.8 Å². The SMILES string of the molecule is Cc1ccc(S(=O)(=O)OC2=IC=CC=C2)cc1O. The maximum atomic E-state index is 12.0. The first kappa shape index (κ1) is 13.4. The summed E-state index contributed by atoms with van der Waals surface area (Å²) in [7, 11) is -3.85. The molecule has 96 valence electrons. The van der Waals surface area contributed by atoms with Gasteiger partial charge in [-0.1, -0.05) is 38.9 Å². The number of halogens is 1. The first-order valence-corrected chi connectivity index (χ1v) is 8.80. The second kappa shape index (κ2) is 5.33. The van der Waals surface area contributed by atoms with Gasteiger partial charge in [0.05, 0.1) is 4.90 Å². The molecule has 1 aliphatic heterocycles. The third kappa shape index (κ3) is 3.06. The van der Waals surface area contributed by atoms with Crippen LogP contribution in [-0.4, -0.2) is 17.2 Å². The molecular formula is C12H11IO4S. The maximum Gasteiger partial charge on any atom is 0.302 e. The zero-order chi connectivity index (χ0) is 13.2. The van der Waals surface area contributed by atoms with Crippen LogP contribution >= 0.6 is 20.7 Å². The Morgan fingerprint density at radius 3 is 2.67 bits per heavy atom. The van der Waals surface area contributed by atoms with Crippen molar-refractivity contribution >= 4 is 34.5 Å². The van der Waals surface area contributed by atoms with Crippen molar-refractivity contribution in [1.29, 1.82) is 0 Å². The highest BCUT2D eigenvalue weighted by atomic mass is 127. The molecule has 0 unspecified atom stereocenters. The van der Waals surface area contributed by atoms with Crippen LogP contribution in [0.5, 0.6) is 5.75 Å². The normalized spacial score (nSPS) is 15.1. The molecule has 0 spiro atoms. The Labute approximate surface area is 115 Å². The fraction of sp³-hybridized carbons (Fsp3) is 0.0833. The minimum Gasteiger partial charge on any atom is -0.508 e. The minimum absolute atomic E-state index is 0.0370. The monoisotopic (exact) mass is 378 g/mol. The molecule has 0 fully saturated rings. The first-order chi connectivity index (χ1) is 8.49. The lowest BCUT2D eigenvalue weighted by Gasteiger charge is -2.07. The van der Waals surface area contributed by atoms with Gasteiger partial charge in [-0.15, -0.1) is 0 Å². The van der Waals surface area contributed by atoms with Crippen LogP contribution in [0.3, 0.4) is 0 Å². The third-order valence-electron chi connectivity index (χ3n) is 2.24. The molecule has 1 aliphatic rings. The summed E-state index contributed by atoms with van der Waals surface area (Å²) in [5.74, 6) is -0.0570. The van der Waals surface area contributed by atoms with Gasteiger partial charge in [-0.25, -0.2) is 4.18 Å². The topological polar surface area (TPSA) is 63.6 Å². The van der Waals surface area contributed by atoms with E-state index < -0.39 is 30.8 Å². The average Bonchev–Trinajstić information content (AvgIpc) is 2.33. The summed E-state index contributed by atoms with van der Waals surface area (Å²) in [6.45, 7) is 1.70. The minimum atomic E-state index is -3.85. The van der Waals surface area contributed by atoms with Crippen molar-refractivity contribution in [2.24, 2.45) is 0 Å². The van der Waals surface area contributed by atoms with Crippen LogP contribution in [0, 0.1) is 6.92 Å². The van der Waals surface area contributed by atoms with Gasteiger partial charge >= 0.3 is 10.1 Å². The van der Waals surface area contributed by atoms with E-state index in [9.17, 15) is 13.5 Å². The van der Waals surface area contributed by atoms with E-state index in [0.29, 0.717) is 9.26 Å².